The van der Waals surface area contributed by atoms with Gasteiger partial charge in [0.15, 0.2) is 0 Å². The van der Waals surface area contributed by atoms with Crippen LogP contribution < -0.4 is 10.6 Å². The minimum absolute atomic E-state index is 0. The molecule has 0 radical (unpaired) electrons. The van der Waals surface area contributed by atoms with Gasteiger partial charge in [0.1, 0.15) is 12.1 Å². The standard InChI is InChI=1S/C26H24N2O6.C8H10.2H2O/c29-23(27-21(25(31)32)15-17-7-3-1-4-8-17)19-11-13-20(14-12-19)24(30)28-22(26(33)34)16-18-9-5-2-6-10-18;1-7-3-5-8(2)6-4-7;;/h1-14,21-22H,15-16H2,(H,27,29)(H,28,30)(H,31,32)(H,33,34);3-6H,1-2H3;2*1H2/t21-,22-;;;/m1.../s1. The molecule has 2 atom stereocenters. The molecule has 4 aromatic rings. The van der Waals surface area contributed by atoms with Crippen LogP contribution in [0, 0.1) is 13.8 Å². The fraction of sp³-hybridized carbons (Fsp3) is 0.176. The van der Waals surface area contributed by atoms with Gasteiger partial charge in [0.25, 0.3) is 11.8 Å². The van der Waals surface area contributed by atoms with Crippen molar-refractivity contribution in [3.05, 3.63) is 143 Å². The Labute approximate surface area is 256 Å². The topological polar surface area (TPSA) is 196 Å². The summed E-state index contributed by atoms with van der Waals surface area (Å²) in [5, 5.41) is 23.9. The molecule has 10 heteroatoms. The molecule has 0 heterocycles. The number of carboxylic acid groups (broad SMARTS) is 2. The van der Waals surface area contributed by atoms with Crippen molar-refractivity contribution < 1.29 is 40.3 Å². The molecular formula is C34H38N2O8. The molecule has 0 fully saturated rings. The zero-order valence-corrected chi connectivity index (χ0v) is 24.5. The van der Waals surface area contributed by atoms with Crippen LogP contribution in [-0.4, -0.2) is 57.0 Å². The van der Waals surface area contributed by atoms with E-state index in [1.807, 2.05) is 12.1 Å². The maximum Gasteiger partial charge on any atom is 0.326 e. The molecule has 4 aromatic carbocycles. The molecule has 0 unspecified atom stereocenters. The monoisotopic (exact) mass is 602 g/mol. The zero-order valence-electron chi connectivity index (χ0n) is 24.5. The normalized spacial score (nSPS) is 11.1. The van der Waals surface area contributed by atoms with E-state index in [4.69, 9.17) is 0 Å². The van der Waals surface area contributed by atoms with Gasteiger partial charge in [-0.2, -0.15) is 0 Å². The molecule has 0 saturated carbocycles. The van der Waals surface area contributed by atoms with Gasteiger partial charge >= 0.3 is 11.9 Å². The predicted molar refractivity (Wildman–Crippen MR) is 168 cm³/mol. The van der Waals surface area contributed by atoms with Crippen LogP contribution in [0.3, 0.4) is 0 Å². The van der Waals surface area contributed by atoms with Crippen molar-refractivity contribution in [3.63, 3.8) is 0 Å². The van der Waals surface area contributed by atoms with Crippen LogP contribution in [0.4, 0.5) is 0 Å². The number of carboxylic acids is 2. The van der Waals surface area contributed by atoms with E-state index in [9.17, 15) is 29.4 Å². The maximum atomic E-state index is 12.5. The number of benzene rings is 4. The Kier molecular flexibility index (Phi) is 15.2. The Balaban J connectivity index is 0.000000841. The highest BCUT2D eigenvalue weighted by Crippen LogP contribution is 2.09. The third-order valence-electron chi connectivity index (χ3n) is 6.40. The second-order valence-electron chi connectivity index (χ2n) is 9.84. The van der Waals surface area contributed by atoms with Crippen LogP contribution in [0.2, 0.25) is 0 Å². The lowest BCUT2D eigenvalue weighted by Crippen LogP contribution is -2.42. The summed E-state index contributed by atoms with van der Waals surface area (Å²) in [7, 11) is 0. The number of hydrogen-bond donors (Lipinski definition) is 4. The molecule has 8 N–H and O–H groups in total. The van der Waals surface area contributed by atoms with Crippen molar-refractivity contribution in [1.29, 1.82) is 0 Å². The van der Waals surface area contributed by atoms with Gasteiger partial charge in [-0.15, -0.1) is 0 Å². The SMILES string of the molecule is Cc1ccc(C)cc1.O.O.O=C(N[C@H](Cc1ccccc1)C(=O)O)c1ccc(C(=O)N[C@H](Cc2ccccc2)C(=O)O)cc1. The lowest BCUT2D eigenvalue weighted by Gasteiger charge is -2.16. The molecule has 0 aliphatic heterocycles. The Morgan fingerprint density at radius 1 is 0.523 bits per heavy atom. The zero-order chi connectivity index (χ0) is 30.5. The smallest absolute Gasteiger partial charge is 0.326 e. The predicted octanol–water partition coefficient (Wildman–Crippen LogP) is 3.19. The number of carbonyl (C=O) groups excluding carboxylic acids is 2. The van der Waals surface area contributed by atoms with E-state index >= 15 is 0 Å². The largest absolute Gasteiger partial charge is 0.480 e. The molecule has 0 spiro atoms. The quantitative estimate of drug-likeness (QED) is 0.215. The van der Waals surface area contributed by atoms with E-state index in [0.29, 0.717) is 0 Å². The first-order valence-electron chi connectivity index (χ1n) is 13.4. The van der Waals surface area contributed by atoms with Crippen molar-refractivity contribution in [2.45, 2.75) is 38.8 Å². The second-order valence-corrected chi connectivity index (χ2v) is 9.84. The van der Waals surface area contributed by atoms with Gasteiger partial charge < -0.3 is 31.8 Å². The summed E-state index contributed by atoms with van der Waals surface area (Å²) in [5.41, 5.74) is 4.55. The highest BCUT2D eigenvalue weighted by Gasteiger charge is 2.23. The van der Waals surface area contributed by atoms with Crippen LogP contribution in [0.5, 0.6) is 0 Å². The van der Waals surface area contributed by atoms with Gasteiger partial charge in [0.2, 0.25) is 0 Å². The Hall–Kier alpha value is -5.32. The fourth-order valence-electron chi connectivity index (χ4n) is 3.99. The highest BCUT2D eigenvalue weighted by molar-refractivity contribution is 6.00. The Morgan fingerprint density at radius 2 is 0.818 bits per heavy atom. The summed E-state index contributed by atoms with van der Waals surface area (Å²) in [6, 6.07) is 29.7. The van der Waals surface area contributed by atoms with Crippen molar-refractivity contribution in [3.8, 4) is 0 Å². The third-order valence-corrected chi connectivity index (χ3v) is 6.40. The first-order chi connectivity index (χ1) is 20.1. The second kappa shape index (κ2) is 18.3. The Morgan fingerprint density at radius 3 is 1.09 bits per heavy atom. The van der Waals surface area contributed by atoms with E-state index in [-0.39, 0.29) is 34.9 Å². The summed E-state index contributed by atoms with van der Waals surface area (Å²) in [6.07, 6.45) is 0.251. The maximum absolute atomic E-state index is 12.5. The van der Waals surface area contributed by atoms with Gasteiger partial charge in [0, 0.05) is 24.0 Å². The van der Waals surface area contributed by atoms with Gasteiger partial charge in [-0.25, -0.2) is 9.59 Å². The number of nitrogens with one attached hydrogen (secondary N) is 2. The summed E-state index contributed by atoms with van der Waals surface area (Å²) < 4.78 is 0. The van der Waals surface area contributed by atoms with E-state index in [0.717, 1.165) is 11.1 Å². The van der Waals surface area contributed by atoms with E-state index in [2.05, 4.69) is 48.7 Å². The first-order valence-corrected chi connectivity index (χ1v) is 13.4. The molecule has 0 aliphatic carbocycles. The minimum atomic E-state index is -1.16. The van der Waals surface area contributed by atoms with E-state index in [1.165, 1.54) is 35.4 Å². The van der Waals surface area contributed by atoms with Gasteiger partial charge in [-0.05, 0) is 49.2 Å². The average Bonchev–Trinajstić information content (AvgIpc) is 2.99. The molecular weight excluding hydrogens is 564 g/mol. The van der Waals surface area contributed by atoms with E-state index in [1.54, 1.807) is 48.5 Å². The summed E-state index contributed by atoms with van der Waals surface area (Å²) >= 11 is 0. The van der Waals surface area contributed by atoms with Crippen LogP contribution in [0.1, 0.15) is 43.0 Å². The molecule has 44 heavy (non-hydrogen) atoms. The van der Waals surface area contributed by atoms with Crippen molar-refractivity contribution in [2.24, 2.45) is 0 Å². The first kappa shape index (κ1) is 36.7. The van der Waals surface area contributed by atoms with Crippen molar-refractivity contribution in [2.75, 3.05) is 0 Å². The minimum Gasteiger partial charge on any atom is -0.480 e. The molecule has 232 valence electrons. The van der Waals surface area contributed by atoms with Crippen LogP contribution in [0.25, 0.3) is 0 Å². The molecule has 0 aromatic heterocycles. The van der Waals surface area contributed by atoms with Crippen molar-refractivity contribution >= 4 is 23.8 Å². The number of amides is 2. The van der Waals surface area contributed by atoms with Crippen LogP contribution in [0.15, 0.2) is 109 Å². The molecule has 0 bridgehead atoms. The van der Waals surface area contributed by atoms with Gasteiger partial charge in [-0.3, -0.25) is 9.59 Å². The van der Waals surface area contributed by atoms with Gasteiger partial charge in [-0.1, -0.05) is 96.1 Å². The number of rotatable bonds is 10. The average molecular weight is 603 g/mol. The lowest BCUT2D eigenvalue weighted by molar-refractivity contribution is -0.140. The third kappa shape index (κ3) is 11.9. The number of hydrogen-bond acceptors (Lipinski definition) is 4. The van der Waals surface area contributed by atoms with Gasteiger partial charge in [0.05, 0.1) is 0 Å². The van der Waals surface area contributed by atoms with Crippen LogP contribution in [-0.2, 0) is 22.4 Å². The number of aliphatic carboxylic acids is 2. The summed E-state index contributed by atoms with van der Waals surface area (Å²) in [5.74, 6) is -3.51. The molecule has 2 amide bonds. The van der Waals surface area contributed by atoms with Crippen molar-refractivity contribution in [1.82, 2.24) is 10.6 Å². The summed E-state index contributed by atoms with van der Waals surface area (Å²) in [6.45, 7) is 4.19. The number of carbonyl (C=O) groups is 4. The molecule has 0 saturated heterocycles. The Bertz CT molecular complexity index is 1360. The number of aryl methyl sites for hydroxylation is 2. The molecule has 0 aliphatic rings. The van der Waals surface area contributed by atoms with E-state index < -0.39 is 35.8 Å². The molecule has 10 nitrogen and oxygen atoms in total. The van der Waals surface area contributed by atoms with Crippen LogP contribution >= 0.6 is 0 Å². The molecule has 4 rings (SSSR count). The fourth-order valence-corrected chi connectivity index (χ4v) is 3.99. The lowest BCUT2D eigenvalue weighted by atomic mass is 10.0. The summed E-state index contributed by atoms with van der Waals surface area (Å²) in [4.78, 5) is 48.3. The highest BCUT2D eigenvalue weighted by atomic mass is 16.4.